The van der Waals surface area contributed by atoms with Crippen LogP contribution in [-0.2, 0) is 22.7 Å². The first-order chi connectivity index (χ1) is 11.6. The SMILES string of the molecule is CC(C)Oc1ccc(CNS(=O)(=O)c2ccc(C(F)(F)F)cc2)cc1. The van der Waals surface area contributed by atoms with E-state index in [-0.39, 0.29) is 17.5 Å². The van der Waals surface area contributed by atoms with Crippen molar-refractivity contribution in [3.63, 3.8) is 0 Å². The Morgan fingerprint density at radius 2 is 1.56 bits per heavy atom. The molecule has 2 aromatic rings. The van der Waals surface area contributed by atoms with Gasteiger partial charge in [-0.2, -0.15) is 13.2 Å². The van der Waals surface area contributed by atoms with Crippen LogP contribution in [0.1, 0.15) is 25.0 Å². The lowest BCUT2D eigenvalue weighted by atomic mass is 10.2. The van der Waals surface area contributed by atoms with E-state index < -0.39 is 21.8 Å². The summed E-state index contributed by atoms with van der Waals surface area (Å²) in [4.78, 5) is -0.222. The zero-order valence-corrected chi connectivity index (χ0v) is 14.5. The predicted molar refractivity (Wildman–Crippen MR) is 87.7 cm³/mol. The van der Waals surface area contributed by atoms with Crippen molar-refractivity contribution in [2.24, 2.45) is 0 Å². The third-order valence-electron chi connectivity index (χ3n) is 3.25. The van der Waals surface area contributed by atoms with Gasteiger partial charge in [0.05, 0.1) is 16.6 Å². The molecule has 0 radical (unpaired) electrons. The number of nitrogens with one attached hydrogen (secondary N) is 1. The number of benzene rings is 2. The fourth-order valence-corrected chi connectivity index (χ4v) is 3.06. The largest absolute Gasteiger partial charge is 0.491 e. The van der Waals surface area contributed by atoms with E-state index >= 15 is 0 Å². The van der Waals surface area contributed by atoms with Gasteiger partial charge in [-0.3, -0.25) is 0 Å². The molecule has 4 nitrogen and oxygen atoms in total. The van der Waals surface area contributed by atoms with Crippen LogP contribution in [0.3, 0.4) is 0 Å². The van der Waals surface area contributed by atoms with Gasteiger partial charge in [-0.1, -0.05) is 12.1 Å². The van der Waals surface area contributed by atoms with E-state index in [1.807, 2.05) is 13.8 Å². The summed E-state index contributed by atoms with van der Waals surface area (Å²) in [7, 11) is -3.90. The van der Waals surface area contributed by atoms with Gasteiger partial charge in [-0.05, 0) is 55.8 Å². The summed E-state index contributed by atoms with van der Waals surface area (Å²) in [5, 5.41) is 0. The number of sulfonamides is 1. The minimum absolute atomic E-state index is 0.0192. The van der Waals surface area contributed by atoms with E-state index in [0.717, 1.165) is 24.3 Å². The van der Waals surface area contributed by atoms with Crippen molar-refractivity contribution in [1.82, 2.24) is 4.72 Å². The van der Waals surface area contributed by atoms with E-state index in [0.29, 0.717) is 11.3 Å². The summed E-state index contributed by atoms with van der Waals surface area (Å²) in [6.07, 6.45) is -4.47. The van der Waals surface area contributed by atoms with Crippen LogP contribution in [0.4, 0.5) is 13.2 Å². The molecule has 0 aliphatic rings. The molecule has 0 fully saturated rings. The number of ether oxygens (including phenoxy) is 1. The van der Waals surface area contributed by atoms with Crippen molar-refractivity contribution in [2.75, 3.05) is 0 Å². The Morgan fingerprint density at radius 3 is 2.04 bits per heavy atom. The molecule has 2 aromatic carbocycles. The molecule has 0 heterocycles. The van der Waals surface area contributed by atoms with Gasteiger partial charge in [0.1, 0.15) is 5.75 Å². The van der Waals surface area contributed by atoms with Crippen molar-refractivity contribution < 1.29 is 26.3 Å². The zero-order valence-electron chi connectivity index (χ0n) is 13.7. The molecule has 25 heavy (non-hydrogen) atoms. The summed E-state index contributed by atoms with van der Waals surface area (Å²) in [5.74, 6) is 0.671. The lowest BCUT2D eigenvalue weighted by molar-refractivity contribution is -0.137. The third kappa shape index (κ3) is 5.47. The molecular weight excluding hydrogens is 355 g/mol. The molecule has 0 spiro atoms. The summed E-state index contributed by atoms with van der Waals surface area (Å²) >= 11 is 0. The monoisotopic (exact) mass is 373 g/mol. The first-order valence-electron chi connectivity index (χ1n) is 7.50. The Morgan fingerprint density at radius 1 is 1.00 bits per heavy atom. The Hall–Kier alpha value is -2.06. The molecule has 0 saturated heterocycles. The maximum absolute atomic E-state index is 12.5. The van der Waals surface area contributed by atoms with Crippen LogP contribution < -0.4 is 9.46 Å². The highest BCUT2D eigenvalue weighted by Crippen LogP contribution is 2.29. The molecule has 0 aromatic heterocycles. The number of alkyl halides is 3. The van der Waals surface area contributed by atoms with Crippen LogP contribution in [0.5, 0.6) is 5.75 Å². The predicted octanol–water partition coefficient (Wildman–Crippen LogP) is 3.97. The van der Waals surface area contributed by atoms with Crippen LogP contribution >= 0.6 is 0 Å². The first-order valence-corrected chi connectivity index (χ1v) is 8.99. The van der Waals surface area contributed by atoms with Crippen molar-refractivity contribution >= 4 is 10.0 Å². The molecule has 2 rings (SSSR count). The molecule has 0 unspecified atom stereocenters. The molecule has 0 aliphatic heterocycles. The maximum atomic E-state index is 12.5. The zero-order chi connectivity index (χ0) is 18.7. The summed E-state index contributed by atoms with van der Waals surface area (Å²) in [6.45, 7) is 3.81. The topological polar surface area (TPSA) is 55.4 Å². The highest BCUT2D eigenvalue weighted by molar-refractivity contribution is 7.89. The Bertz CT molecular complexity index is 799. The number of rotatable bonds is 6. The van der Waals surface area contributed by atoms with Gasteiger partial charge in [0.15, 0.2) is 0 Å². The molecule has 0 aliphatic carbocycles. The number of hydrogen-bond acceptors (Lipinski definition) is 3. The second-order valence-electron chi connectivity index (χ2n) is 5.66. The van der Waals surface area contributed by atoms with Crippen molar-refractivity contribution in [3.8, 4) is 5.75 Å². The van der Waals surface area contributed by atoms with Gasteiger partial charge < -0.3 is 4.74 Å². The number of hydrogen-bond donors (Lipinski definition) is 1. The smallest absolute Gasteiger partial charge is 0.416 e. The minimum atomic E-state index is -4.50. The van der Waals surface area contributed by atoms with Gasteiger partial charge in [0.2, 0.25) is 10.0 Å². The van der Waals surface area contributed by atoms with E-state index in [4.69, 9.17) is 4.74 Å². The molecular formula is C17H18F3NO3S. The lowest BCUT2D eigenvalue weighted by Crippen LogP contribution is -2.23. The summed E-state index contributed by atoms with van der Waals surface area (Å²) in [6, 6.07) is 10.2. The second-order valence-corrected chi connectivity index (χ2v) is 7.42. The van der Waals surface area contributed by atoms with Crippen LogP contribution in [0.15, 0.2) is 53.4 Å². The normalized spacial score (nSPS) is 12.4. The quantitative estimate of drug-likeness (QED) is 0.834. The molecule has 0 amide bonds. The molecule has 8 heteroatoms. The molecule has 0 bridgehead atoms. The third-order valence-corrected chi connectivity index (χ3v) is 4.67. The molecule has 136 valence electrons. The Balaban J connectivity index is 2.04. The molecule has 1 N–H and O–H groups in total. The highest BCUT2D eigenvalue weighted by Gasteiger charge is 2.30. The first kappa shape index (κ1) is 19.3. The average Bonchev–Trinajstić information content (AvgIpc) is 2.53. The highest BCUT2D eigenvalue weighted by atomic mass is 32.2. The minimum Gasteiger partial charge on any atom is -0.491 e. The van der Waals surface area contributed by atoms with Gasteiger partial charge in [0, 0.05) is 6.54 Å². The lowest BCUT2D eigenvalue weighted by Gasteiger charge is -2.11. The van der Waals surface area contributed by atoms with Crippen LogP contribution in [-0.4, -0.2) is 14.5 Å². The van der Waals surface area contributed by atoms with E-state index in [9.17, 15) is 21.6 Å². The molecule has 0 atom stereocenters. The van der Waals surface area contributed by atoms with Gasteiger partial charge in [-0.25, -0.2) is 13.1 Å². The van der Waals surface area contributed by atoms with Gasteiger partial charge in [0.25, 0.3) is 0 Å². The fraction of sp³-hybridized carbons (Fsp3) is 0.294. The Labute approximate surface area is 144 Å². The van der Waals surface area contributed by atoms with Crippen molar-refractivity contribution in [3.05, 3.63) is 59.7 Å². The average molecular weight is 373 g/mol. The second kappa shape index (κ2) is 7.45. The van der Waals surface area contributed by atoms with E-state index in [2.05, 4.69) is 4.72 Å². The van der Waals surface area contributed by atoms with Crippen LogP contribution in [0.25, 0.3) is 0 Å². The standard InChI is InChI=1S/C17H18F3NO3S/c1-12(2)24-15-7-3-13(4-8-15)11-21-25(22,23)16-9-5-14(6-10-16)17(18,19)20/h3-10,12,21H,11H2,1-2H3. The summed E-state index contributed by atoms with van der Waals surface area (Å²) in [5.41, 5.74) is -0.196. The fourth-order valence-electron chi connectivity index (χ4n) is 2.04. The van der Waals surface area contributed by atoms with Crippen molar-refractivity contribution in [1.29, 1.82) is 0 Å². The Kier molecular flexibility index (Phi) is 5.74. The van der Waals surface area contributed by atoms with Gasteiger partial charge in [-0.15, -0.1) is 0 Å². The number of halogens is 3. The van der Waals surface area contributed by atoms with E-state index in [1.54, 1.807) is 24.3 Å². The maximum Gasteiger partial charge on any atom is 0.416 e. The van der Waals surface area contributed by atoms with Gasteiger partial charge >= 0.3 is 6.18 Å². The van der Waals surface area contributed by atoms with Crippen LogP contribution in [0.2, 0.25) is 0 Å². The molecule has 0 saturated carbocycles. The summed E-state index contributed by atoms with van der Waals surface area (Å²) < 4.78 is 69.7. The van der Waals surface area contributed by atoms with E-state index in [1.165, 1.54) is 0 Å². The van der Waals surface area contributed by atoms with Crippen LogP contribution in [0, 0.1) is 0 Å². The van der Waals surface area contributed by atoms with Crippen molar-refractivity contribution in [2.45, 2.75) is 37.6 Å².